The van der Waals surface area contributed by atoms with Gasteiger partial charge < -0.3 is 19.7 Å². The molecular weight excluding hydrogens is 366 g/mol. The van der Waals surface area contributed by atoms with Crippen LogP contribution < -0.4 is 14.8 Å². The molecule has 1 fully saturated rings. The van der Waals surface area contributed by atoms with Crippen molar-refractivity contribution in [3.63, 3.8) is 0 Å². The van der Waals surface area contributed by atoms with Gasteiger partial charge in [0.05, 0.1) is 0 Å². The van der Waals surface area contributed by atoms with Crippen LogP contribution in [0.2, 0.25) is 0 Å². The zero-order valence-electron chi connectivity index (χ0n) is 17.0. The monoisotopic (exact) mass is 395 g/mol. The quantitative estimate of drug-likeness (QED) is 0.731. The third kappa shape index (κ3) is 5.08. The summed E-state index contributed by atoms with van der Waals surface area (Å²) in [5.74, 6) is 1.89. The second-order valence-corrected chi connectivity index (χ2v) is 7.70. The molecule has 2 aliphatic heterocycles. The predicted molar refractivity (Wildman–Crippen MR) is 112 cm³/mol. The minimum atomic E-state index is 0.241. The highest BCUT2D eigenvalue weighted by molar-refractivity contribution is 5.76. The largest absolute Gasteiger partial charge is 0.454 e. The molecule has 0 atom stereocenters. The molecule has 4 rings (SSSR count). The van der Waals surface area contributed by atoms with E-state index in [4.69, 9.17) is 9.47 Å². The van der Waals surface area contributed by atoms with Crippen LogP contribution in [0.1, 0.15) is 23.1 Å². The van der Waals surface area contributed by atoms with Gasteiger partial charge in [-0.2, -0.15) is 0 Å². The molecule has 2 aliphatic rings. The van der Waals surface area contributed by atoms with Crippen molar-refractivity contribution in [1.29, 1.82) is 0 Å². The average molecular weight is 396 g/mol. The van der Waals surface area contributed by atoms with Crippen molar-refractivity contribution in [3.05, 3.63) is 59.2 Å². The van der Waals surface area contributed by atoms with Crippen molar-refractivity contribution >= 4 is 5.91 Å². The Kier molecular flexibility index (Phi) is 6.32. The maximum Gasteiger partial charge on any atom is 0.231 e. The molecule has 2 aromatic rings. The van der Waals surface area contributed by atoms with Gasteiger partial charge in [0.25, 0.3) is 0 Å². The van der Waals surface area contributed by atoms with E-state index in [0.29, 0.717) is 19.8 Å². The van der Waals surface area contributed by atoms with Gasteiger partial charge in [-0.05, 0) is 35.7 Å². The molecule has 0 spiro atoms. The first-order valence-electron chi connectivity index (χ1n) is 10.3. The Morgan fingerprint density at radius 3 is 2.66 bits per heavy atom. The van der Waals surface area contributed by atoms with E-state index < -0.39 is 0 Å². The molecule has 0 saturated carbocycles. The summed E-state index contributed by atoms with van der Waals surface area (Å²) in [6.07, 6.45) is 0.550. The van der Waals surface area contributed by atoms with E-state index in [-0.39, 0.29) is 5.91 Å². The van der Waals surface area contributed by atoms with Crippen molar-refractivity contribution < 1.29 is 14.3 Å². The summed E-state index contributed by atoms with van der Waals surface area (Å²) in [5.41, 5.74) is 3.79. The summed E-state index contributed by atoms with van der Waals surface area (Å²) in [4.78, 5) is 16.9. The number of ether oxygens (including phenoxy) is 2. The van der Waals surface area contributed by atoms with Gasteiger partial charge >= 0.3 is 0 Å². The molecule has 29 heavy (non-hydrogen) atoms. The Morgan fingerprint density at radius 2 is 1.83 bits per heavy atom. The number of nitrogens with one attached hydrogen (secondary N) is 1. The van der Waals surface area contributed by atoms with Gasteiger partial charge in [-0.1, -0.05) is 30.3 Å². The first-order valence-corrected chi connectivity index (χ1v) is 10.3. The van der Waals surface area contributed by atoms with E-state index in [9.17, 15) is 4.79 Å². The SMILES string of the molecule is Cc1ccccc1CNCCC(=O)N1CCN(Cc2ccc3c(c2)OCO3)CC1. The molecule has 0 unspecified atom stereocenters. The van der Waals surface area contributed by atoms with Crippen LogP contribution in [-0.2, 0) is 17.9 Å². The first kappa shape index (κ1) is 19.7. The number of carbonyl (C=O) groups excluding carboxylic acids is 1. The van der Waals surface area contributed by atoms with Crippen LogP contribution in [0.25, 0.3) is 0 Å². The smallest absolute Gasteiger partial charge is 0.231 e. The fourth-order valence-corrected chi connectivity index (χ4v) is 3.84. The summed E-state index contributed by atoms with van der Waals surface area (Å²) in [7, 11) is 0. The third-order valence-electron chi connectivity index (χ3n) is 5.66. The Balaban J connectivity index is 1.16. The number of amides is 1. The van der Waals surface area contributed by atoms with Gasteiger partial charge in [0.1, 0.15) is 0 Å². The maximum absolute atomic E-state index is 12.5. The van der Waals surface area contributed by atoms with Gasteiger partial charge in [-0.25, -0.2) is 0 Å². The minimum Gasteiger partial charge on any atom is -0.454 e. The second-order valence-electron chi connectivity index (χ2n) is 7.70. The van der Waals surface area contributed by atoms with Crippen LogP contribution >= 0.6 is 0 Å². The number of rotatable bonds is 7. The number of aryl methyl sites for hydroxylation is 1. The van der Waals surface area contributed by atoms with Crippen molar-refractivity contribution in [1.82, 2.24) is 15.1 Å². The van der Waals surface area contributed by atoms with Crippen molar-refractivity contribution in [2.24, 2.45) is 0 Å². The highest BCUT2D eigenvalue weighted by atomic mass is 16.7. The molecule has 0 aliphatic carbocycles. The summed E-state index contributed by atoms with van der Waals surface area (Å²) < 4.78 is 10.8. The van der Waals surface area contributed by atoms with Gasteiger partial charge in [0.2, 0.25) is 12.7 Å². The van der Waals surface area contributed by atoms with Crippen LogP contribution in [0.15, 0.2) is 42.5 Å². The Bertz CT molecular complexity index is 847. The number of fused-ring (bicyclic) bond motifs is 1. The predicted octanol–water partition coefficient (Wildman–Crippen LogP) is 2.55. The lowest BCUT2D eigenvalue weighted by Gasteiger charge is -2.35. The molecule has 6 nitrogen and oxygen atoms in total. The zero-order chi connectivity index (χ0) is 20.1. The lowest BCUT2D eigenvalue weighted by molar-refractivity contribution is -0.132. The van der Waals surface area contributed by atoms with E-state index in [2.05, 4.69) is 53.5 Å². The Hall–Kier alpha value is -2.57. The average Bonchev–Trinajstić information content (AvgIpc) is 3.21. The van der Waals surface area contributed by atoms with Crippen LogP contribution in [0.3, 0.4) is 0 Å². The number of benzene rings is 2. The summed E-state index contributed by atoms with van der Waals surface area (Å²) in [5, 5.41) is 3.39. The molecule has 2 aromatic carbocycles. The molecule has 0 radical (unpaired) electrons. The van der Waals surface area contributed by atoms with Gasteiger partial charge in [0.15, 0.2) is 11.5 Å². The van der Waals surface area contributed by atoms with Crippen molar-refractivity contribution in [2.75, 3.05) is 39.5 Å². The van der Waals surface area contributed by atoms with Crippen LogP contribution in [0, 0.1) is 6.92 Å². The minimum absolute atomic E-state index is 0.241. The second kappa shape index (κ2) is 9.29. The molecular formula is C23H29N3O3. The molecule has 1 amide bonds. The van der Waals surface area contributed by atoms with E-state index in [1.54, 1.807) is 0 Å². The van der Waals surface area contributed by atoms with Crippen LogP contribution in [0.4, 0.5) is 0 Å². The number of piperazine rings is 1. The molecule has 154 valence electrons. The van der Waals surface area contributed by atoms with E-state index >= 15 is 0 Å². The lowest BCUT2D eigenvalue weighted by Crippen LogP contribution is -2.48. The Morgan fingerprint density at radius 1 is 1.03 bits per heavy atom. The molecule has 0 aromatic heterocycles. The number of carbonyl (C=O) groups is 1. The van der Waals surface area contributed by atoms with Gasteiger partial charge in [0, 0.05) is 52.2 Å². The Labute approximate surface area is 172 Å². The molecule has 0 bridgehead atoms. The number of nitrogens with zero attached hydrogens (tertiary/aromatic N) is 2. The van der Waals surface area contributed by atoms with Crippen molar-refractivity contribution in [3.8, 4) is 11.5 Å². The fourth-order valence-electron chi connectivity index (χ4n) is 3.84. The van der Waals surface area contributed by atoms with Crippen molar-refractivity contribution in [2.45, 2.75) is 26.4 Å². The highest BCUT2D eigenvalue weighted by Gasteiger charge is 2.21. The van der Waals surface area contributed by atoms with Crippen LogP contribution in [-0.4, -0.2) is 55.2 Å². The third-order valence-corrected chi connectivity index (χ3v) is 5.66. The van der Waals surface area contributed by atoms with Gasteiger partial charge in [-0.15, -0.1) is 0 Å². The van der Waals surface area contributed by atoms with E-state index in [0.717, 1.165) is 50.8 Å². The fraction of sp³-hybridized carbons (Fsp3) is 0.435. The number of hydrogen-bond acceptors (Lipinski definition) is 5. The first-order chi connectivity index (χ1) is 14.2. The topological polar surface area (TPSA) is 54.0 Å². The highest BCUT2D eigenvalue weighted by Crippen LogP contribution is 2.32. The summed E-state index contributed by atoms with van der Waals surface area (Å²) in [6.45, 7) is 8.20. The molecule has 2 heterocycles. The molecule has 6 heteroatoms. The van der Waals surface area contributed by atoms with E-state index in [1.807, 2.05) is 11.0 Å². The summed E-state index contributed by atoms with van der Waals surface area (Å²) >= 11 is 0. The standard InChI is InChI=1S/C23H29N3O3/c1-18-4-2-3-5-20(18)15-24-9-8-23(27)26-12-10-25(11-13-26)16-19-6-7-21-22(14-19)29-17-28-21/h2-7,14,24H,8-13,15-17H2,1H3. The normalized spacial score (nSPS) is 16.2. The molecule has 1 N–H and O–H groups in total. The van der Waals surface area contributed by atoms with Crippen LogP contribution in [0.5, 0.6) is 11.5 Å². The lowest BCUT2D eigenvalue weighted by atomic mass is 10.1. The van der Waals surface area contributed by atoms with Gasteiger partial charge in [-0.3, -0.25) is 9.69 Å². The maximum atomic E-state index is 12.5. The zero-order valence-corrected chi connectivity index (χ0v) is 17.0. The molecule has 1 saturated heterocycles. The number of hydrogen-bond donors (Lipinski definition) is 1. The summed E-state index contributed by atoms with van der Waals surface area (Å²) in [6, 6.07) is 14.5. The van der Waals surface area contributed by atoms with E-state index in [1.165, 1.54) is 16.7 Å².